The van der Waals surface area contributed by atoms with E-state index in [1.807, 2.05) is 30.4 Å². The Morgan fingerprint density at radius 3 is 2.63 bits per heavy atom. The second-order valence-electron chi connectivity index (χ2n) is 6.05. The number of aryl methyl sites for hydroxylation is 3. The van der Waals surface area contributed by atoms with Crippen LogP contribution in [0.5, 0.6) is 0 Å². The second-order valence-corrected chi connectivity index (χ2v) is 7.14. The zero-order valence-electron chi connectivity index (χ0n) is 14.7. The van der Waals surface area contributed by atoms with Crippen molar-refractivity contribution >= 4 is 39.3 Å². The average molecular weight is 389 g/mol. The van der Waals surface area contributed by atoms with E-state index in [0.717, 1.165) is 28.7 Å². The number of nitrogens with zero attached hydrogens (tertiary/aromatic N) is 2. The molecular formula is C18H19N3O5S. The molecule has 0 fully saturated rings. The van der Waals surface area contributed by atoms with Crippen molar-refractivity contribution in [3.8, 4) is 0 Å². The minimum absolute atomic E-state index is 0.656. The van der Waals surface area contributed by atoms with Gasteiger partial charge in [0.2, 0.25) is 0 Å². The maximum atomic E-state index is 9.10. The van der Waals surface area contributed by atoms with Gasteiger partial charge in [0.15, 0.2) is 0 Å². The third-order valence-electron chi connectivity index (χ3n) is 4.12. The molecule has 3 heterocycles. The van der Waals surface area contributed by atoms with Crippen LogP contribution in [0.3, 0.4) is 0 Å². The summed E-state index contributed by atoms with van der Waals surface area (Å²) in [5.74, 6) is -0.954. The van der Waals surface area contributed by atoms with E-state index >= 15 is 0 Å². The van der Waals surface area contributed by atoms with Gasteiger partial charge in [0.05, 0.1) is 18.2 Å². The van der Waals surface area contributed by atoms with Crippen molar-refractivity contribution in [1.82, 2.24) is 9.97 Å². The number of furan rings is 1. The van der Waals surface area contributed by atoms with Gasteiger partial charge in [-0.05, 0) is 50.3 Å². The van der Waals surface area contributed by atoms with Crippen LogP contribution < -0.4 is 5.32 Å². The lowest BCUT2D eigenvalue weighted by atomic mass is 9.97. The van der Waals surface area contributed by atoms with Gasteiger partial charge in [0.25, 0.3) is 0 Å². The van der Waals surface area contributed by atoms with Crippen molar-refractivity contribution in [2.45, 2.75) is 39.2 Å². The van der Waals surface area contributed by atoms with E-state index in [1.165, 1.54) is 35.1 Å². The molecule has 0 spiro atoms. The summed E-state index contributed by atoms with van der Waals surface area (Å²) in [6.07, 6.45) is 6.60. The van der Waals surface area contributed by atoms with Crippen molar-refractivity contribution in [3.63, 3.8) is 0 Å². The van der Waals surface area contributed by atoms with E-state index in [2.05, 4.69) is 15.3 Å². The van der Waals surface area contributed by atoms with Gasteiger partial charge in [-0.1, -0.05) is 0 Å². The highest BCUT2D eigenvalue weighted by Crippen LogP contribution is 2.38. The average Bonchev–Trinajstić information content (AvgIpc) is 3.27. The van der Waals surface area contributed by atoms with E-state index in [4.69, 9.17) is 24.2 Å². The summed E-state index contributed by atoms with van der Waals surface area (Å²) < 4.78 is 5.39. The third kappa shape index (κ3) is 4.43. The van der Waals surface area contributed by atoms with Crippen LogP contribution in [0.25, 0.3) is 10.2 Å². The zero-order chi connectivity index (χ0) is 19.4. The fraction of sp³-hybridized carbons (Fsp3) is 0.333. The lowest BCUT2D eigenvalue weighted by Crippen LogP contribution is -2.09. The molecule has 8 nitrogen and oxygen atoms in total. The van der Waals surface area contributed by atoms with Crippen molar-refractivity contribution < 1.29 is 24.2 Å². The largest absolute Gasteiger partial charge is 0.473 e. The number of hydrogen-bond acceptors (Lipinski definition) is 7. The van der Waals surface area contributed by atoms with Crippen LogP contribution in [0.2, 0.25) is 0 Å². The molecule has 0 amide bonds. The molecule has 0 saturated carbocycles. The SMILES string of the molecule is Cc1nc(NCc2ccco2)c2c3c(sc2n1)CCCC3.O=C(O)C(=O)O. The summed E-state index contributed by atoms with van der Waals surface area (Å²) in [7, 11) is 0. The molecule has 4 rings (SSSR count). The van der Waals surface area contributed by atoms with Gasteiger partial charge in [0, 0.05) is 4.88 Å². The molecule has 9 heteroatoms. The molecule has 0 unspecified atom stereocenters. The molecule has 0 bridgehead atoms. The zero-order valence-corrected chi connectivity index (χ0v) is 15.5. The number of carboxylic acid groups (broad SMARTS) is 2. The Morgan fingerprint density at radius 2 is 1.96 bits per heavy atom. The number of carbonyl (C=O) groups is 2. The molecule has 3 aromatic heterocycles. The quantitative estimate of drug-likeness (QED) is 0.583. The highest BCUT2D eigenvalue weighted by molar-refractivity contribution is 7.19. The van der Waals surface area contributed by atoms with Crippen molar-refractivity contribution in [1.29, 1.82) is 0 Å². The molecule has 142 valence electrons. The molecule has 0 aliphatic heterocycles. The van der Waals surface area contributed by atoms with E-state index in [-0.39, 0.29) is 0 Å². The monoisotopic (exact) mass is 389 g/mol. The lowest BCUT2D eigenvalue weighted by Gasteiger charge is -2.12. The third-order valence-corrected chi connectivity index (χ3v) is 5.31. The van der Waals surface area contributed by atoms with Crippen LogP contribution in [0, 0.1) is 6.92 Å². The van der Waals surface area contributed by atoms with Crippen LogP contribution in [-0.4, -0.2) is 32.1 Å². The predicted molar refractivity (Wildman–Crippen MR) is 100 cm³/mol. The van der Waals surface area contributed by atoms with E-state index in [9.17, 15) is 0 Å². The molecular weight excluding hydrogens is 370 g/mol. The van der Waals surface area contributed by atoms with Crippen molar-refractivity contribution in [2.24, 2.45) is 0 Å². The van der Waals surface area contributed by atoms with Crippen LogP contribution in [0.1, 0.15) is 34.9 Å². The molecule has 3 N–H and O–H groups in total. The van der Waals surface area contributed by atoms with Gasteiger partial charge in [-0.3, -0.25) is 0 Å². The van der Waals surface area contributed by atoms with Gasteiger partial charge in [-0.2, -0.15) is 0 Å². The fourth-order valence-electron chi connectivity index (χ4n) is 2.98. The molecule has 3 aromatic rings. The van der Waals surface area contributed by atoms with E-state index in [1.54, 1.807) is 6.26 Å². The van der Waals surface area contributed by atoms with Crippen molar-refractivity contribution in [3.05, 3.63) is 40.4 Å². The normalized spacial score (nSPS) is 12.8. The van der Waals surface area contributed by atoms with Crippen molar-refractivity contribution in [2.75, 3.05) is 5.32 Å². The molecule has 27 heavy (non-hydrogen) atoms. The first-order valence-electron chi connectivity index (χ1n) is 8.47. The Bertz CT molecular complexity index is 953. The highest BCUT2D eigenvalue weighted by Gasteiger charge is 2.20. The van der Waals surface area contributed by atoms with Crippen LogP contribution >= 0.6 is 11.3 Å². The number of aliphatic carboxylic acids is 2. The Morgan fingerprint density at radius 1 is 1.22 bits per heavy atom. The predicted octanol–water partition coefficient (Wildman–Crippen LogP) is 3.24. The lowest BCUT2D eigenvalue weighted by molar-refractivity contribution is -0.159. The first-order valence-corrected chi connectivity index (χ1v) is 9.28. The fourth-order valence-corrected chi connectivity index (χ4v) is 4.28. The minimum Gasteiger partial charge on any atom is -0.473 e. The number of aromatic nitrogens is 2. The number of anilines is 1. The van der Waals surface area contributed by atoms with Gasteiger partial charge < -0.3 is 19.9 Å². The molecule has 0 atom stereocenters. The number of hydrogen-bond donors (Lipinski definition) is 3. The van der Waals surface area contributed by atoms with Crippen LogP contribution in [0.4, 0.5) is 5.82 Å². The number of fused-ring (bicyclic) bond motifs is 3. The Labute approximate surface area is 158 Å². The molecule has 1 aliphatic rings. The summed E-state index contributed by atoms with van der Waals surface area (Å²) >= 11 is 1.84. The highest BCUT2D eigenvalue weighted by atomic mass is 32.1. The summed E-state index contributed by atoms with van der Waals surface area (Å²) in [6, 6.07) is 3.88. The van der Waals surface area contributed by atoms with Gasteiger partial charge in [-0.25, -0.2) is 19.6 Å². The van der Waals surface area contributed by atoms with E-state index in [0.29, 0.717) is 6.54 Å². The smallest absolute Gasteiger partial charge is 0.414 e. The topological polar surface area (TPSA) is 126 Å². The second kappa shape index (κ2) is 8.17. The molecule has 0 radical (unpaired) electrons. The number of carboxylic acids is 2. The van der Waals surface area contributed by atoms with Crippen LogP contribution in [0.15, 0.2) is 22.8 Å². The van der Waals surface area contributed by atoms with Gasteiger partial charge >= 0.3 is 11.9 Å². The first-order chi connectivity index (χ1) is 13.0. The minimum atomic E-state index is -1.82. The first kappa shape index (κ1) is 18.8. The maximum absolute atomic E-state index is 9.10. The summed E-state index contributed by atoms with van der Waals surface area (Å²) in [6.45, 7) is 2.61. The summed E-state index contributed by atoms with van der Waals surface area (Å²) in [4.78, 5) is 30.1. The summed E-state index contributed by atoms with van der Waals surface area (Å²) in [5.41, 5.74) is 1.46. The van der Waals surface area contributed by atoms with E-state index < -0.39 is 11.9 Å². The Kier molecular flexibility index (Phi) is 5.70. The number of thiophene rings is 1. The summed E-state index contributed by atoms with van der Waals surface area (Å²) in [5, 5.41) is 19.4. The van der Waals surface area contributed by atoms with Gasteiger partial charge in [-0.15, -0.1) is 11.3 Å². The Hall–Kier alpha value is -2.94. The molecule has 0 aromatic carbocycles. The van der Waals surface area contributed by atoms with Crippen LogP contribution in [-0.2, 0) is 29.0 Å². The van der Waals surface area contributed by atoms with Gasteiger partial charge in [0.1, 0.15) is 22.2 Å². The standard InChI is InChI=1S/C16H17N3OS.C2H2O4/c1-10-18-15(17-9-11-5-4-8-20-11)14-12-6-2-3-7-13(12)21-16(14)19-10;3-1(4)2(5)6/h4-5,8H,2-3,6-7,9H2,1H3,(H,17,18,19);(H,3,4)(H,5,6). The number of nitrogens with one attached hydrogen (secondary N) is 1. The molecule has 0 saturated heterocycles. The molecule has 1 aliphatic carbocycles. The number of rotatable bonds is 3. The maximum Gasteiger partial charge on any atom is 0.414 e. The Balaban J connectivity index is 0.000000307.